The van der Waals surface area contributed by atoms with Gasteiger partial charge in [0.1, 0.15) is 11.5 Å². The second-order valence-corrected chi connectivity index (χ2v) is 5.67. The molecule has 2 aromatic heterocycles. The monoisotopic (exact) mass is 339 g/mol. The highest BCUT2D eigenvalue weighted by Gasteiger charge is 2.07. The standard InChI is InChI=1S/C18H13NO4S/c20-17(10-9-14-3-1-11-22-14)23-15-7-5-13(6-8-15)19-18(21)16-4-2-12-24-16/h1-12H,(H,19,21)/b10-9+. The van der Waals surface area contributed by atoms with E-state index in [1.54, 1.807) is 42.5 Å². The largest absolute Gasteiger partial charge is 0.465 e. The van der Waals surface area contributed by atoms with E-state index in [-0.39, 0.29) is 5.91 Å². The quantitative estimate of drug-likeness (QED) is 0.429. The Bertz CT molecular complexity index is 834. The number of thiophene rings is 1. The zero-order valence-corrected chi connectivity index (χ0v) is 13.3. The van der Waals surface area contributed by atoms with Crippen LogP contribution in [0.3, 0.4) is 0 Å². The number of hydrogen-bond donors (Lipinski definition) is 1. The van der Waals surface area contributed by atoms with Crippen LogP contribution in [-0.4, -0.2) is 11.9 Å². The molecule has 0 atom stereocenters. The molecule has 0 saturated carbocycles. The van der Waals surface area contributed by atoms with E-state index < -0.39 is 5.97 Å². The lowest BCUT2D eigenvalue weighted by atomic mass is 10.3. The van der Waals surface area contributed by atoms with E-state index in [9.17, 15) is 9.59 Å². The van der Waals surface area contributed by atoms with Gasteiger partial charge < -0.3 is 14.5 Å². The second kappa shape index (κ2) is 7.43. The van der Waals surface area contributed by atoms with Gasteiger partial charge in [-0.1, -0.05) is 6.07 Å². The Balaban J connectivity index is 1.56. The molecule has 0 fully saturated rings. The van der Waals surface area contributed by atoms with E-state index in [0.29, 0.717) is 22.1 Å². The maximum atomic E-state index is 11.9. The van der Waals surface area contributed by atoms with Crippen LogP contribution < -0.4 is 10.1 Å². The highest BCUT2D eigenvalue weighted by atomic mass is 32.1. The van der Waals surface area contributed by atoms with Crippen molar-refractivity contribution < 1.29 is 18.7 Å². The molecule has 1 N–H and O–H groups in total. The van der Waals surface area contributed by atoms with Gasteiger partial charge in [-0.3, -0.25) is 4.79 Å². The molecular formula is C18H13NO4S. The van der Waals surface area contributed by atoms with E-state index in [1.165, 1.54) is 29.8 Å². The fourth-order valence-corrected chi connectivity index (χ4v) is 2.51. The summed E-state index contributed by atoms with van der Waals surface area (Å²) in [7, 11) is 0. The van der Waals surface area contributed by atoms with Crippen molar-refractivity contribution in [1.29, 1.82) is 0 Å². The Labute approximate surface area is 142 Å². The third kappa shape index (κ3) is 4.21. The number of nitrogens with one attached hydrogen (secondary N) is 1. The Morgan fingerprint density at radius 1 is 1.08 bits per heavy atom. The van der Waals surface area contributed by atoms with Crippen LogP contribution in [0.1, 0.15) is 15.4 Å². The molecular weight excluding hydrogens is 326 g/mol. The van der Waals surface area contributed by atoms with Crippen molar-refractivity contribution in [3.05, 3.63) is 76.9 Å². The fraction of sp³-hybridized carbons (Fsp3) is 0. The summed E-state index contributed by atoms with van der Waals surface area (Å²) >= 11 is 1.37. The molecule has 1 aromatic carbocycles. The first-order chi connectivity index (χ1) is 11.7. The molecule has 0 bridgehead atoms. The number of rotatable bonds is 5. The Morgan fingerprint density at radius 3 is 2.58 bits per heavy atom. The van der Waals surface area contributed by atoms with E-state index >= 15 is 0 Å². The summed E-state index contributed by atoms with van der Waals surface area (Å²) < 4.78 is 10.3. The molecule has 3 rings (SSSR count). The van der Waals surface area contributed by atoms with E-state index in [4.69, 9.17) is 9.15 Å². The molecule has 120 valence electrons. The topological polar surface area (TPSA) is 68.5 Å². The predicted molar refractivity (Wildman–Crippen MR) is 92.1 cm³/mol. The second-order valence-electron chi connectivity index (χ2n) is 4.73. The van der Waals surface area contributed by atoms with Crippen molar-refractivity contribution in [3.63, 3.8) is 0 Å². The zero-order valence-electron chi connectivity index (χ0n) is 12.5. The van der Waals surface area contributed by atoms with Crippen LogP contribution in [-0.2, 0) is 4.79 Å². The highest BCUT2D eigenvalue weighted by Crippen LogP contribution is 2.18. The Kier molecular flexibility index (Phi) is 4.88. The highest BCUT2D eigenvalue weighted by molar-refractivity contribution is 7.12. The molecule has 3 aromatic rings. The number of benzene rings is 1. The van der Waals surface area contributed by atoms with Gasteiger partial charge in [0, 0.05) is 11.8 Å². The van der Waals surface area contributed by atoms with E-state index in [2.05, 4.69) is 5.32 Å². The van der Waals surface area contributed by atoms with Gasteiger partial charge in [-0.2, -0.15) is 0 Å². The Morgan fingerprint density at radius 2 is 1.92 bits per heavy atom. The van der Waals surface area contributed by atoms with Crippen LogP contribution in [0.4, 0.5) is 5.69 Å². The number of amides is 1. The number of anilines is 1. The average Bonchev–Trinajstić information content (AvgIpc) is 3.28. The first-order valence-corrected chi connectivity index (χ1v) is 7.97. The minimum absolute atomic E-state index is 0.170. The van der Waals surface area contributed by atoms with Gasteiger partial charge in [0.15, 0.2) is 0 Å². The van der Waals surface area contributed by atoms with Crippen LogP contribution in [0, 0.1) is 0 Å². The van der Waals surface area contributed by atoms with Crippen molar-refractivity contribution in [3.8, 4) is 5.75 Å². The molecule has 2 heterocycles. The molecule has 0 aliphatic heterocycles. The van der Waals surface area contributed by atoms with Crippen LogP contribution in [0.5, 0.6) is 5.75 Å². The van der Waals surface area contributed by atoms with Gasteiger partial charge in [0.05, 0.1) is 11.1 Å². The van der Waals surface area contributed by atoms with Gasteiger partial charge in [0.2, 0.25) is 0 Å². The van der Waals surface area contributed by atoms with Gasteiger partial charge in [-0.25, -0.2) is 4.79 Å². The lowest BCUT2D eigenvalue weighted by Gasteiger charge is -2.05. The van der Waals surface area contributed by atoms with Gasteiger partial charge in [-0.15, -0.1) is 11.3 Å². The molecule has 1 amide bonds. The summed E-state index contributed by atoms with van der Waals surface area (Å²) in [6.07, 6.45) is 4.33. The van der Waals surface area contributed by atoms with Crippen LogP contribution in [0.25, 0.3) is 6.08 Å². The lowest BCUT2D eigenvalue weighted by molar-refractivity contribution is -0.128. The summed E-state index contributed by atoms with van der Waals surface area (Å²) in [6.45, 7) is 0. The van der Waals surface area contributed by atoms with Gasteiger partial charge in [0.25, 0.3) is 5.91 Å². The smallest absolute Gasteiger partial charge is 0.336 e. The number of ether oxygens (including phenoxy) is 1. The van der Waals surface area contributed by atoms with E-state index in [0.717, 1.165) is 0 Å². The lowest BCUT2D eigenvalue weighted by Crippen LogP contribution is -2.10. The molecule has 0 saturated heterocycles. The van der Waals surface area contributed by atoms with Crippen LogP contribution in [0.2, 0.25) is 0 Å². The van der Waals surface area contributed by atoms with Gasteiger partial charge >= 0.3 is 5.97 Å². The number of carbonyl (C=O) groups is 2. The third-order valence-corrected chi connectivity index (χ3v) is 3.87. The molecule has 0 aliphatic carbocycles. The minimum atomic E-state index is -0.512. The summed E-state index contributed by atoms with van der Waals surface area (Å²) in [5.41, 5.74) is 0.624. The molecule has 0 radical (unpaired) electrons. The van der Waals surface area contributed by atoms with Crippen molar-refractivity contribution in [1.82, 2.24) is 0 Å². The summed E-state index contributed by atoms with van der Waals surface area (Å²) in [5.74, 6) is 0.273. The van der Waals surface area contributed by atoms with Crippen molar-refractivity contribution in [2.45, 2.75) is 0 Å². The van der Waals surface area contributed by atoms with Crippen molar-refractivity contribution in [2.24, 2.45) is 0 Å². The van der Waals surface area contributed by atoms with Crippen LogP contribution >= 0.6 is 11.3 Å². The van der Waals surface area contributed by atoms with E-state index in [1.807, 2.05) is 11.4 Å². The summed E-state index contributed by atoms with van der Waals surface area (Å²) in [4.78, 5) is 24.3. The van der Waals surface area contributed by atoms with Crippen LogP contribution in [0.15, 0.2) is 70.7 Å². The molecule has 24 heavy (non-hydrogen) atoms. The minimum Gasteiger partial charge on any atom is -0.465 e. The summed E-state index contributed by atoms with van der Waals surface area (Å²) in [5, 5.41) is 4.61. The number of furan rings is 1. The van der Waals surface area contributed by atoms with Crippen molar-refractivity contribution in [2.75, 3.05) is 5.32 Å². The fourth-order valence-electron chi connectivity index (χ4n) is 1.89. The normalized spacial score (nSPS) is 10.7. The van der Waals surface area contributed by atoms with Crippen molar-refractivity contribution >= 4 is 35.0 Å². The summed E-state index contributed by atoms with van der Waals surface area (Å²) in [6, 6.07) is 13.6. The number of esters is 1. The first kappa shape index (κ1) is 15.8. The van der Waals surface area contributed by atoms with Gasteiger partial charge in [-0.05, 0) is 53.9 Å². The maximum Gasteiger partial charge on any atom is 0.336 e. The average molecular weight is 339 g/mol. The molecule has 6 heteroatoms. The molecule has 0 aliphatic rings. The SMILES string of the molecule is O=C(/C=C/c1ccco1)Oc1ccc(NC(=O)c2cccs2)cc1. The first-order valence-electron chi connectivity index (χ1n) is 7.09. The third-order valence-electron chi connectivity index (χ3n) is 3.00. The zero-order chi connectivity index (χ0) is 16.8. The molecule has 5 nitrogen and oxygen atoms in total. The maximum absolute atomic E-state index is 11.9. The predicted octanol–water partition coefficient (Wildman–Crippen LogP) is 4.21. The number of hydrogen-bond acceptors (Lipinski definition) is 5. The number of carbonyl (C=O) groups excluding carboxylic acids is 2. The molecule has 0 unspecified atom stereocenters. The Hall–Kier alpha value is -3.12. The molecule has 0 spiro atoms.